The van der Waals surface area contributed by atoms with Crippen molar-refractivity contribution in [1.29, 1.82) is 0 Å². The maximum absolute atomic E-state index is 12.0. The van der Waals surface area contributed by atoms with Crippen molar-refractivity contribution in [2.75, 3.05) is 13.7 Å². The number of piperidine rings is 1. The van der Waals surface area contributed by atoms with Crippen molar-refractivity contribution >= 4 is 18.0 Å². The smallest absolute Gasteiger partial charge is 0.417 e. The second-order valence-electron chi connectivity index (χ2n) is 5.19. The van der Waals surface area contributed by atoms with Gasteiger partial charge in [-0.15, -0.1) is 0 Å². The quantitative estimate of drug-likeness (QED) is 0.523. The summed E-state index contributed by atoms with van der Waals surface area (Å²) in [5, 5.41) is 0. The van der Waals surface area contributed by atoms with E-state index in [9.17, 15) is 14.4 Å². The molecule has 0 N–H and O–H groups in total. The molecule has 0 aromatic heterocycles. The monoisotopic (exact) mass is 257 g/mol. The van der Waals surface area contributed by atoms with Gasteiger partial charge in [0, 0.05) is 6.54 Å². The van der Waals surface area contributed by atoms with Crippen LogP contribution < -0.4 is 0 Å². The van der Waals surface area contributed by atoms with Gasteiger partial charge in [-0.2, -0.15) is 0 Å². The number of imide groups is 1. The Bertz CT molecular complexity index is 358. The number of carbonyl (C=O) groups excluding carboxylic acids is 3. The molecule has 1 saturated heterocycles. The van der Waals surface area contributed by atoms with Gasteiger partial charge in [-0.25, -0.2) is 9.69 Å². The summed E-state index contributed by atoms with van der Waals surface area (Å²) in [5.41, 5.74) is -0.671. The average Bonchev–Trinajstić information content (AvgIpc) is 2.26. The number of likely N-dealkylation sites (tertiary alicyclic amines) is 1. The third-order valence-corrected chi connectivity index (χ3v) is 2.54. The first-order valence-corrected chi connectivity index (χ1v) is 5.88. The van der Waals surface area contributed by atoms with Gasteiger partial charge in [-0.3, -0.25) is 9.59 Å². The topological polar surface area (TPSA) is 72.9 Å². The lowest BCUT2D eigenvalue weighted by Gasteiger charge is -2.31. The van der Waals surface area contributed by atoms with Crippen LogP contribution in [0.15, 0.2) is 0 Å². The molecule has 6 nitrogen and oxygen atoms in total. The maximum atomic E-state index is 12.0. The Morgan fingerprint density at radius 2 is 1.94 bits per heavy atom. The molecule has 1 fully saturated rings. The van der Waals surface area contributed by atoms with Crippen LogP contribution in [-0.2, 0) is 19.1 Å². The zero-order valence-electron chi connectivity index (χ0n) is 11.2. The molecule has 1 atom stereocenters. The highest BCUT2D eigenvalue weighted by Gasteiger charge is 2.39. The number of rotatable bonds is 1. The van der Waals surface area contributed by atoms with Gasteiger partial charge < -0.3 is 9.47 Å². The zero-order valence-corrected chi connectivity index (χ0v) is 11.2. The Morgan fingerprint density at radius 1 is 1.33 bits per heavy atom. The fourth-order valence-electron chi connectivity index (χ4n) is 1.73. The van der Waals surface area contributed by atoms with E-state index in [0.717, 1.165) is 4.90 Å². The van der Waals surface area contributed by atoms with Crippen LogP contribution in [0, 0.1) is 5.92 Å². The molecule has 0 spiro atoms. The third-order valence-electron chi connectivity index (χ3n) is 2.54. The van der Waals surface area contributed by atoms with E-state index in [2.05, 4.69) is 4.74 Å². The first-order chi connectivity index (χ1) is 8.26. The number of ether oxygens (including phenoxy) is 2. The molecule has 18 heavy (non-hydrogen) atoms. The zero-order chi connectivity index (χ0) is 13.9. The molecule has 102 valence electrons. The Labute approximate surface area is 106 Å². The molecule has 0 radical (unpaired) electrons. The normalized spacial score (nSPS) is 20.6. The average molecular weight is 257 g/mol. The lowest BCUT2D eigenvalue weighted by atomic mass is 9.97. The number of amides is 2. The molecule has 1 aliphatic heterocycles. The summed E-state index contributed by atoms with van der Waals surface area (Å²) in [6.45, 7) is 5.44. The third kappa shape index (κ3) is 3.45. The van der Waals surface area contributed by atoms with Crippen molar-refractivity contribution in [2.24, 2.45) is 5.92 Å². The molecule has 2 amide bonds. The van der Waals surface area contributed by atoms with E-state index in [-0.39, 0.29) is 6.54 Å². The number of hydrogen-bond donors (Lipinski definition) is 0. The summed E-state index contributed by atoms with van der Waals surface area (Å²) in [7, 11) is 1.22. The largest absolute Gasteiger partial charge is 0.468 e. The molecular formula is C12H19NO5. The number of hydrogen-bond acceptors (Lipinski definition) is 5. The number of esters is 1. The minimum Gasteiger partial charge on any atom is -0.468 e. The second-order valence-corrected chi connectivity index (χ2v) is 5.19. The number of nitrogens with zero attached hydrogens (tertiary/aromatic N) is 1. The Kier molecular flexibility index (Phi) is 4.32. The fraction of sp³-hybridized carbons (Fsp3) is 0.750. The lowest BCUT2D eigenvalue weighted by molar-refractivity contribution is -0.155. The van der Waals surface area contributed by atoms with Gasteiger partial charge in [-0.1, -0.05) is 0 Å². The number of methoxy groups -OCH3 is 1. The Hall–Kier alpha value is -1.59. The van der Waals surface area contributed by atoms with Crippen molar-refractivity contribution in [3.63, 3.8) is 0 Å². The minimum absolute atomic E-state index is 0.279. The molecule has 0 unspecified atom stereocenters. The molecule has 6 heteroatoms. The van der Waals surface area contributed by atoms with Crippen LogP contribution in [-0.4, -0.2) is 42.1 Å². The van der Waals surface area contributed by atoms with Crippen molar-refractivity contribution in [1.82, 2.24) is 4.90 Å². The summed E-state index contributed by atoms with van der Waals surface area (Å²) in [6, 6.07) is 0. The van der Waals surface area contributed by atoms with Gasteiger partial charge in [0.1, 0.15) is 11.5 Å². The highest BCUT2D eigenvalue weighted by Crippen LogP contribution is 2.21. The van der Waals surface area contributed by atoms with Gasteiger partial charge in [0.2, 0.25) is 5.91 Å². The van der Waals surface area contributed by atoms with Gasteiger partial charge in [0.05, 0.1) is 7.11 Å². The maximum Gasteiger partial charge on any atom is 0.417 e. The van der Waals surface area contributed by atoms with Gasteiger partial charge in [0.25, 0.3) is 0 Å². The van der Waals surface area contributed by atoms with E-state index >= 15 is 0 Å². The van der Waals surface area contributed by atoms with Crippen LogP contribution in [0.5, 0.6) is 0 Å². The standard InChI is InChI=1S/C12H19NO5/c1-12(2,3)18-11(16)13-7-5-6-8(9(13)14)10(15)17-4/h8H,5-7H2,1-4H3/t8-/m1/s1. The van der Waals surface area contributed by atoms with E-state index in [4.69, 9.17) is 4.74 Å². The summed E-state index contributed by atoms with van der Waals surface area (Å²) >= 11 is 0. The Morgan fingerprint density at radius 3 is 2.44 bits per heavy atom. The summed E-state index contributed by atoms with van der Waals surface area (Å²) in [4.78, 5) is 36.2. The van der Waals surface area contributed by atoms with E-state index in [1.165, 1.54) is 7.11 Å². The van der Waals surface area contributed by atoms with Crippen molar-refractivity contribution in [3.8, 4) is 0 Å². The first-order valence-electron chi connectivity index (χ1n) is 5.88. The second kappa shape index (κ2) is 5.37. The predicted molar refractivity (Wildman–Crippen MR) is 62.7 cm³/mol. The van der Waals surface area contributed by atoms with Crippen molar-refractivity contribution in [3.05, 3.63) is 0 Å². The van der Waals surface area contributed by atoms with Crippen LogP contribution >= 0.6 is 0 Å². The molecular weight excluding hydrogens is 238 g/mol. The van der Waals surface area contributed by atoms with Gasteiger partial charge in [-0.05, 0) is 33.6 Å². The molecule has 0 aromatic carbocycles. The number of carbonyl (C=O) groups is 3. The molecule has 0 bridgehead atoms. The molecule has 1 heterocycles. The SMILES string of the molecule is COC(=O)[C@@H]1CCCN(C(=O)OC(C)(C)C)C1=O. The van der Waals surface area contributed by atoms with Crippen LogP contribution in [0.25, 0.3) is 0 Å². The van der Waals surface area contributed by atoms with Crippen LogP contribution in [0.2, 0.25) is 0 Å². The van der Waals surface area contributed by atoms with Crippen LogP contribution in [0.1, 0.15) is 33.6 Å². The highest BCUT2D eigenvalue weighted by molar-refractivity contribution is 6.04. The molecule has 0 aromatic rings. The first kappa shape index (κ1) is 14.5. The van der Waals surface area contributed by atoms with E-state index < -0.39 is 29.5 Å². The van der Waals surface area contributed by atoms with E-state index in [1.54, 1.807) is 20.8 Å². The van der Waals surface area contributed by atoms with E-state index in [1.807, 2.05) is 0 Å². The lowest BCUT2D eigenvalue weighted by Crippen LogP contribution is -2.49. The summed E-state index contributed by atoms with van der Waals surface area (Å²) in [6.07, 6.45) is 0.274. The molecule has 1 aliphatic rings. The summed E-state index contributed by atoms with van der Waals surface area (Å²) < 4.78 is 9.67. The van der Waals surface area contributed by atoms with Gasteiger partial charge in [0.15, 0.2) is 0 Å². The predicted octanol–water partition coefficient (Wildman–Crippen LogP) is 1.33. The van der Waals surface area contributed by atoms with Crippen molar-refractivity contribution in [2.45, 2.75) is 39.2 Å². The highest BCUT2D eigenvalue weighted by atomic mass is 16.6. The van der Waals surface area contributed by atoms with Crippen LogP contribution in [0.3, 0.4) is 0 Å². The Balaban J connectivity index is 2.75. The molecule has 1 rings (SSSR count). The van der Waals surface area contributed by atoms with Crippen molar-refractivity contribution < 1.29 is 23.9 Å². The summed E-state index contributed by atoms with van der Waals surface area (Å²) in [5.74, 6) is -2.04. The molecule has 0 aliphatic carbocycles. The van der Waals surface area contributed by atoms with Crippen LogP contribution in [0.4, 0.5) is 4.79 Å². The van der Waals surface area contributed by atoms with Gasteiger partial charge >= 0.3 is 12.1 Å². The van der Waals surface area contributed by atoms with E-state index in [0.29, 0.717) is 12.8 Å². The minimum atomic E-state index is -0.892. The molecule has 0 saturated carbocycles. The fourth-order valence-corrected chi connectivity index (χ4v) is 1.73.